The molecule has 0 aliphatic heterocycles. The summed E-state index contributed by atoms with van der Waals surface area (Å²) in [6, 6.07) is 1.87. The Hall–Kier alpha value is -1.62. The minimum atomic E-state index is -0.224. The minimum absolute atomic E-state index is 0.224. The fraction of sp³-hybridized carbons (Fsp3) is 0.385. The van der Waals surface area contributed by atoms with Crippen molar-refractivity contribution >= 4 is 17.0 Å². The number of ether oxygens (including phenoxy) is 1. The van der Waals surface area contributed by atoms with Gasteiger partial charge in [0.25, 0.3) is 0 Å². The van der Waals surface area contributed by atoms with Crippen LogP contribution in [0.1, 0.15) is 26.5 Å². The molecular weight excluding hydrogens is 246 g/mol. The zero-order valence-corrected chi connectivity index (χ0v) is 11.6. The summed E-state index contributed by atoms with van der Waals surface area (Å²) in [6.45, 7) is 6.75. The van der Waals surface area contributed by atoms with Gasteiger partial charge in [0.15, 0.2) is 0 Å². The summed E-state index contributed by atoms with van der Waals surface area (Å²) in [6.07, 6.45) is 3.50. The predicted molar refractivity (Wildman–Crippen MR) is 74.1 cm³/mol. The van der Waals surface area contributed by atoms with E-state index in [9.17, 15) is 0 Å². The molecule has 2 aromatic heterocycles. The lowest BCUT2D eigenvalue weighted by Gasteiger charge is -2.23. The highest BCUT2D eigenvalue weighted by Gasteiger charge is 2.14. The van der Waals surface area contributed by atoms with Crippen LogP contribution in [0.5, 0.6) is 5.75 Å². The second-order valence-electron chi connectivity index (χ2n) is 4.92. The van der Waals surface area contributed by atoms with E-state index in [1.165, 1.54) is 0 Å². The molecule has 0 saturated heterocycles. The van der Waals surface area contributed by atoms with Gasteiger partial charge in [0, 0.05) is 17.6 Å². The zero-order valence-electron chi connectivity index (χ0n) is 10.8. The summed E-state index contributed by atoms with van der Waals surface area (Å²) in [5.74, 6) is 0.813. The van der Waals surface area contributed by atoms with Gasteiger partial charge >= 0.3 is 0 Å². The van der Waals surface area contributed by atoms with Gasteiger partial charge in [-0.25, -0.2) is 4.98 Å². The first kappa shape index (κ1) is 12.8. The number of hydrogen-bond acceptors (Lipinski definition) is 5. The van der Waals surface area contributed by atoms with Crippen LogP contribution in [0.15, 0.2) is 29.4 Å². The van der Waals surface area contributed by atoms with Crippen LogP contribution in [0.2, 0.25) is 0 Å². The fourth-order valence-corrected chi connectivity index (χ4v) is 2.00. The average molecular weight is 263 g/mol. The summed E-state index contributed by atoms with van der Waals surface area (Å²) in [7, 11) is 0. The van der Waals surface area contributed by atoms with Crippen LogP contribution in [-0.2, 0) is 6.54 Å². The highest BCUT2D eigenvalue weighted by molar-refractivity contribution is 7.07. The maximum atomic E-state index is 5.88. The molecule has 0 aromatic carbocycles. The maximum absolute atomic E-state index is 5.88. The van der Waals surface area contributed by atoms with Crippen LogP contribution < -0.4 is 10.1 Å². The minimum Gasteiger partial charge on any atom is -0.486 e. The highest BCUT2D eigenvalue weighted by Crippen LogP contribution is 2.26. The van der Waals surface area contributed by atoms with Gasteiger partial charge in [-0.1, -0.05) is 0 Å². The zero-order chi connectivity index (χ0) is 13.0. The lowest BCUT2D eigenvalue weighted by molar-refractivity contribution is 0.131. The standard InChI is InChI=1S/C13H17N3OS/c1-13(2,3)17-12-4-5-14-7-11(12)15-6-10-8-18-9-16-10/h4-5,7-9,15H,6H2,1-3H3. The Balaban J connectivity index is 2.07. The number of anilines is 1. The molecule has 4 nitrogen and oxygen atoms in total. The molecule has 0 fully saturated rings. The molecular formula is C13H17N3OS. The van der Waals surface area contributed by atoms with E-state index >= 15 is 0 Å². The maximum Gasteiger partial charge on any atom is 0.146 e. The molecule has 0 bridgehead atoms. The van der Waals surface area contributed by atoms with Gasteiger partial charge in [0.05, 0.1) is 29.6 Å². The second-order valence-corrected chi connectivity index (χ2v) is 5.64. The van der Waals surface area contributed by atoms with Crippen LogP contribution in [0.3, 0.4) is 0 Å². The molecule has 1 N–H and O–H groups in total. The molecule has 0 amide bonds. The Bertz CT molecular complexity index is 491. The lowest BCUT2D eigenvalue weighted by Crippen LogP contribution is -2.23. The monoisotopic (exact) mass is 263 g/mol. The van der Waals surface area contributed by atoms with Gasteiger partial charge in [-0.05, 0) is 20.8 Å². The lowest BCUT2D eigenvalue weighted by atomic mass is 10.2. The molecule has 2 rings (SSSR count). The van der Waals surface area contributed by atoms with Crippen LogP contribution in [0, 0.1) is 0 Å². The van der Waals surface area contributed by atoms with Crippen molar-refractivity contribution < 1.29 is 4.74 Å². The largest absolute Gasteiger partial charge is 0.486 e. The van der Waals surface area contributed by atoms with Crippen LogP contribution in [-0.4, -0.2) is 15.6 Å². The molecule has 0 atom stereocenters. The van der Waals surface area contributed by atoms with Crippen LogP contribution in [0.4, 0.5) is 5.69 Å². The number of pyridine rings is 1. The van der Waals surface area contributed by atoms with Crippen molar-refractivity contribution in [3.05, 3.63) is 35.0 Å². The van der Waals surface area contributed by atoms with Gasteiger partial charge in [-0.2, -0.15) is 0 Å². The number of nitrogens with one attached hydrogen (secondary N) is 1. The molecule has 2 aromatic rings. The molecule has 0 saturated carbocycles. The Labute approximate surface area is 111 Å². The van der Waals surface area contributed by atoms with E-state index < -0.39 is 0 Å². The topological polar surface area (TPSA) is 47.0 Å². The van der Waals surface area contributed by atoms with E-state index in [-0.39, 0.29) is 5.60 Å². The molecule has 18 heavy (non-hydrogen) atoms. The molecule has 0 radical (unpaired) electrons. The summed E-state index contributed by atoms with van der Waals surface area (Å²) in [5, 5.41) is 5.32. The van der Waals surface area contributed by atoms with Gasteiger partial charge in [-0.15, -0.1) is 11.3 Å². The van der Waals surface area contributed by atoms with E-state index in [1.54, 1.807) is 23.7 Å². The molecule has 5 heteroatoms. The smallest absolute Gasteiger partial charge is 0.146 e. The molecule has 2 heterocycles. The summed E-state index contributed by atoms with van der Waals surface area (Å²) < 4.78 is 5.88. The number of rotatable bonds is 4. The van der Waals surface area contributed by atoms with Gasteiger partial charge < -0.3 is 10.1 Å². The molecule has 0 unspecified atom stereocenters. The predicted octanol–water partition coefficient (Wildman–Crippen LogP) is 3.33. The van der Waals surface area contributed by atoms with Gasteiger partial charge in [0.2, 0.25) is 0 Å². The van der Waals surface area contributed by atoms with E-state index in [0.717, 1.165) is 17.1 Å². The van der Waals surface area contributed by atoms with Crippen molar-refractivity contribution in [2.45, 2.75) is 32.9 Å². The Morgan fingerprint density at radius 2 is 2.22 bits per heavy atom. The second kappa shape index (κ2) is 5.35. The number of thiazole rings is 1. The summed E-state index contributed by atoms with van der Waals surface area (Å²) in [5.41, 5.74) is 3.51. The van der Waals surface area contributed by atoms with E-state index in [1.807, 2.05) is 37.7 Å². The van der Waals surface area contributed by atoms with E-state index in [0.29, 0.717) is 6.54 Å². The Morgan fingerprint density at radius 1 is 1.39 bits per heavy atom. The number of aromatic nitrogens is 2. The van der Waals surface area contributed by atoms with Crippen molar-refractivity contribution in [2.75, 3.05) is 5.32 Å². The van der Waals surface area contributed by atoms with Gasteiger partial charge in [0.1, 0.15) is 11.4 Å². The molecule has 96 valence electrons. The number of hydrogen-bond donors (Lipinski definition) is 1. The fourth-order valence-electron chi connectivity index (χ4n) is 1.44. The normalized spacial score (nSPS) is 11.3. The van der Waals surface area contributed by atoms with Gasteiger partial charge in [-0.3, -0.25) is 4.98 Å². The van der Waals surface area contributed by atoms with Crippen LogP contribution in [0.25, 0.3) is 0 Å². The van der Waals surface area contributed by atoms with Crippen molar-refractivity contribution in [3.63, 3.8) is 0 Å². The van der Waals surface area contributed by atoms with Crippen molar-refractivity contribution in [2.24, 2.45) is 0 Å². The SMILES string of the molecule is CC(C)(C)Oc1ccncc1NCc1cscn1. The van der Waals surface area contributed by atoms with Crippen LogP contribution >= 0.6 is 11.3 Å². The third-order valence-corrected chi connectivity index (χ3v) is 2.78. The first-order chi connectivity index (χ1) is 8.54. The van der Waals surface area contributed by atoms with Crippen molar-refractivity contribution in [1.29, 1.82) is 0 Å². The summed E-state index contributed by atoms with van der Waals surface area (Å²) in [4.78, 5) is 8.35. The quantitative estimate of drug-likeness (QED) is 0.919. The van der Waals surface area contributed by atoms with Crippen molar-refractivity contribution in [3.8, 4) is 5.75 Å². The first-order valence-electron chi connectivity index (χ1n) is 5.78. The third kappa shape index (κ3) is 3.70. The van der Waals surface area contributed by atoms with Crippen molar-refractivity contribution in [1.82, 2.24) is 9.97 Å². The van der Waals surface area contributed by atoms with E-state index in [2.05, 4.69) is 15.3 Å². The third-order valence-electron chi connectivity index (χ3n) is 2.14. The first-order valence-corrected chi connectivity index (χ1v) is 6.73. The molecule has 0 aliphatic rings. The molecule has 0 aliphatic carbocycles. The average Bonchev–Trinajstić information content (AvgIpc) is 2.79. The Kier molecular flexibility index (Phi) is 3.81. The highest BCUT2D eigenvalue weighted by atomic mass is 32.1. The molecule has 0 spiro atoms. The van der Waals surface area contributed by atoms with E-state index in [4.69, 9.17) is 4.74 Å². The number of nitrogens with zero attached hydrogens (tertiary/aromatic N) is 2. The Morgan fingerprint density at radius 3 is 2.89 bits per heavy atom. The summed E-state index contributed by atoms with van der Waals surface area (Å²) >= 11 is 1.59.